The first-order valence-corrected chi connectivity index (χ1v) is 12.3. The van der Waals surface area contributed by atoms with Gasteiger partial charge in [0.2, 0.25) is 0 Å². The number of ether oxygens (including phenoxy) is 3. The van der Waals surface area contributed by atoms with Crippen molar-refractivity contribution in [2.75, 3.05) is 38.5 Å². The molecule has 2 aromatic heterocycles. The van der Waals surface area contributed by atoms with Gasteiger partial charge in [-0.1, -0.05) is 0 Å². The Bertz CT molecular complexity index is 1110. The van der Waals surface area contributed by atoms with Crippen molar-refractivity contribution in [2.24, 2.45) is 4.99 Å². The van der Waals surface area contributed by atoms with E-state index in [1.807, 2.05) is 24.3 Å². The molecule has 3 aromatic rings. The average Bonchev–Trinajstić information content (AvgIpc) is 3.49. The van der Waals surface area contributed by atoms with E-state index in [0.29, 0.717) is 18.2 Å². The van der Waals surface area contributed by atoms with E-state index in [2.05, 4.69) is 26.1 Å². The fourth-order valence-electron chi connectivity index (χ4n) is 3.90. The molecule has 1 unspecified atom stereocenters. The summed E-state index contributed by atoms with van der Waals surface area (Å²) in [4.78, 5) is 23.2. The quantitative estimate of drug-likeness (QED) is 0.473. The molecule has 1 atom stereocenters. The van der Waals surface area contributed by atoms with E-state index in [1.54, 1.807) is 38.4 Å². The molecule has 2 aliphatic rings. The minimum atomic E-state index is 0.0632. The molecule has 180 valence electrons. The normalized spacial score (nSPS) is 18.2. The highest BCUT2D eigenvalue weighted by molar-refractivity contribution is 8.14. The van der Waals surface area contributed by atoms with Gasteiger partial charge in [0.25, 0.3) is 0 Å². The summed E-state index contributed by atoms with van der Waals surface area (Å²) in [5, 5.41) is 5.69. The van der Waals surface area contributed by atoms with Crippen LogP contribution in [0.3, 0.4) is 0 Å². The number of thioether (sulfide) groups is 1. The average molecular weight is 483 g/mol. The molecule has 8 nitrogen and oxygen atoms in total. The predicted molar refractivity (Wildman–Crippen MR) is 136 cm³/mol. The van der Waals surface area contributed by atoms with Crippen LogP contribution in [0.1, 0.15) is 25.0 Å². The topological polar surface area (TPSA) is 97.8 Å². The number of benzene rings is 1. The number of methoxy groups -OCH3 is 1. The highest BCUT2D eigenvalue weighted by Crippen LogP contribution is 2.35. The zero-order valence-electron chi connectivity index (χ0n) is 19.5. The number of pyridine rings is 1. The Morgan fingerprint density at radius 1 is 1.24 bits per heavy atom. The van der Waals surface area contributed by atoms with Crippen LogP contribution in [-0.4, -0.2) is 66.6 Å². The summed E-state index contributed by atoms with van der Waals surface area (Å²) in [7, 11) is 3.25. The summed E-state index contributed by atoms with van der Waals surface area (Å²) in [6.45, 7) is 1.54. The number of fused-ring (bicyclic) bond motifs is 1. The van der Waals surface area contributed by atoms with Crippen molar-refractivity contribution in [1.82, 2.24) is 9.97 Å². The molecule has 0 bridgehead atoms. The van der Waals surface area contributed by atoms with E-state index >= 15 is 0 Å². The highest BCUT2D eigenvalue weighted by Gasteiger charge is 2.22. The molecule has 2 aliphatic heterocycles. The third-order valence-electron chi connectivity index (χ3n) is 5.46. The van der Waals surface area contributed by atoms with Crippen LogP contribution in [-0.2, 0) is 14.3 Å². The Labute approximate surface area is 203 Å². The van der Waals surface area contributed by atoms with Gasteiger partial charge in [-0.2, -0.15) is 0 Å². The Balaban J connectivity index is 0.000000868. The SMILES string of the molecule is COC.O=CCC1CSC(c2cc3cc(Oc4cccnc4)cc(NC4CCOCC4)c3[nH]2)=N1. The van der Waals surface area contributed by atoms with E-state index in [1.165, 1.54) is 0 Å². The van der Waals surface area contributed by atoms with Crippen molar-refractivity contribution in [3.63, 3.8) is 0 Å². The minimum Gasteiger partial charge on any atom is -0.456 e. The zero-order valence-corrected chi connectivity index (χ0v) is 20.3. The fourth-order valence-corrected chi connectivity index (χ4v) is 4.95. The number of aromatic nitrogens is 2. The van der Waals surface area contributed by atoms with Crippen LogP contribution < -0.4 is 10.1 Å². The lowest BCUT2D eigenvalue weighted by Crippen LogP contribution is -2.27. The third-order valence-corrected chi connectivity index (χ3v) is 6.61. The van der Waals surface area contributed by atoms with Gasteiger partial charge in [-0.15, -0.1) is 11.8 Å². The number of H-pyrrole nitrogens is 1. The monoisotopic (exact) mass is 482 g/mol. The molecule has 1 aromatic carbocycles. The number of nitrogens with zero attached hydrogens (tertiary/aromatic N) is 2. The van der Waals surface area contributed by atoms with Crippen molar-refractivity contribution in [3.8, 4) is 11.5 Å². The standard InChI is InChI=1S/C23H24N4O3S.C2H6O/c28-7-3-17-14-31-23(26-17)21-11-15-10-19(30-18-2-1-6-24-13-18)12-20(22(15)27-21)25-16-4-8-29-9-5-16;1-3-2/h1-2,6-7,10-13,16-17,25,27H,3-5,8-9,14H2;1-2H3. The van der Waals surface area contributed by atoms with Crippen LogP contribution in [0.2, 0.25) is 0 Å². The van der Waals surface area contributed by atoms with Crippen LogP contribution in [0.25, 0.3) is 10.9 Å². The molecule has 5 rings (SSSR count). The number of aldehydes is 1. The largest absolute Gasteiger partial charge is 0.456 e. The summed E-state index contributed by atoms with van der Waals surface area (Å²) in [5.74, 6) is 2.29. The molecule has 1 saturated heterocycles. The summed E-state index contributed by atoms with van der Waals surface area (Å²) in [6.07, 6.45) is 6.79. The Kier molecular flexibility index (Phi) is 8.56. The van der Waals surface area contributed by atoms with Crippen molar-refractivity contribution >= 4 is 39.7 Å². The van der Waals surface area contributed by atoms with Crippen LogP contribution in [0.5, 0.6) is 11.5 Å². The fraction of sp³-hybridized carbons (Fsp3) is 0.400. The van der Waals surface area contributed by atoms with Gasteiger partial charge in [-0.25, -0.2) is 0 Å². The summed E-state index contributed by atoms with van der Waals surface area (Å²) < 4.78 is 15.8. The molecule has 9 heteroatoms. The Hall–Kier alpha value is -2.88. The number of rotatable bonds is 7. The van der Waals surface area contributed by atoms with E-state index in [-0.39, 0.29) is 6.04 Å². The molecule has 4 heterocycles. The first-order chi connectivity index (χ1) is 16.7. The smallest absolute Gasteiger partial charge is 0.145 e. The lowest BCUT2D eigenvalue weighted by molar-refractivity contribution is -0.108. The van der Waals surface area contributed by atoms with E-state index in [9.17, 15) is 4.79 Å². The second kappa shape index (κ2) is 12.0. The maximum absolute atomic E-state index is 10.8. The van der Waals surface area contributed by atoms with Gasteiger partial charge < -0.3 is 29.3 Å². The molecule has 0 saturated carbocycles. The van der Waals surface area contributed by atoms with Crippen molar-refractivity contribution in [3.05, 3.63) is 48.4 Å². The molecule has 0 radical (unpaired) electrons. The predicted octanol–water partition coefficient (Wildman–Crippen LogP) is 4.66. The van der Waals surface area contributed by atoms with Gasteiger partial charge in [0, 0.05) is 63.3 Å². The van der Waals surface area contributed by atoms with Gasteiger partial charge >= 0.3 is 0 Å². The molecular weight excluding hydrogens is 452 g/mol. The van der Waals surface area contributed by atoms with Crippen LogP contribution in [0, 0.1) is 0 Å². The number of aromatic amines is 1. The number of aliphatic imine (C=N–C) groups is 1. The van der Waals surface area contributed by atoms with Crippen LogP contribution in [0.4, 0.5) is 5.69 Å². The second-order valence-electron chi connectivity index (χ2n) is 8.15. The molecule has 34 heavy (non-hydrogen) atoms. The van der Waals surface area contributed by atoms with Crippen LogP contribution >= 0.6 is 11.8 Å². The molecule has 1 fully saturated rings. The van der Waals surface area contributed by atoms with Crippen molar-refractivity contribution in [2.45, 2.75) is 31.3 Å². The zero-order chi connectivity index (χ0) is 23.8. The van der Waals surface area contributed by atoms with Gasteiger partial charge in [-0.3, -0.25) is 9.98 Å². The molecule has 0 aliphatic carbocycles. The highest BCUT2D eigenvalue weighted by atomic mass is 32.2. The molecule has 0 amide bonds. The summed E-state index contributed by atoms with van der Waals surface area (Å²) in [6, 6.07) is 10.3. The minimum absolute atomic E-state index is 0.0632. The Morgan fingerprint density at radius 3 is 2.79 bits per heavy atom. The second-order valence-corrected chi connectivity index (χ2v) is 9.16. The number of hydrogen-bond donors (Lipinski definition) is 2. The summed E-state index contributed by atoms with van der Waals surface area (Å²) >= 11 is 1.69. The van der Waals surface area contributed by atoms with E-state index in [4.69, 9.17) is 14.5 Å². The van der Waals surface area contributed by atoms with Gasteiger partial charge in [0.05, 0.1) is 29.1 Å². The van der Waals surface area contributed by atoms with E-state index < -0.39 is 0 Å². The lowest BCUT2D eigenvalue weighted by Gasteiger charge is -2.24. The maximum atomic E-state index is 10.8. The van der Waals surface area contributed by atoms with Crippen LogP contribution in [0.15, 0.2) is 47.7 Å². The van der Waals surface area contributed by atoms with Gasteiger partial charge in [0.1, 0.15) is 22.8 Å². The molecule has 2 N–H and O–H groups in total. The first-order valence-electron chi connectivity index (χ1n) is 11.3. The van der Waals surface area contributed by atoms with Crippen molar-refractivity contribution in [1.29, 1.82) is 0 Å². The number of nitrogens with one attached hydrogen (secondary N) is 2. The molecule has 0 spiro atoms. The maximum Gasteiger partial charge on any atom is 0.145 e. The number of carbonyl (C=O) groups is 1. The van der Waals surface area contributed by atoms with E-state index in [0.717, 1.165) is 71.2 Å². The first kappa shape index (κ1) is 24.3. The third kappa shape index (κ3) is 6.16. The van der Waals surface area contributed by atoms with Gasteiger partial charge in [0.15, 0.2) is 0 Å². The lowest BCUT2D eigenvalue weighted by atomic mass is 10.1. The molecular formula is C25H30N4O4S. The number of anilines is 1. The number of carbonyl (C=O) groups excluding carboxylic acids is 1. The Morgan fingerprint density at radius 2 is 2.06 bits per heavy atom. The van der Waals surface area contributed by atoms with Gasteiger partial charge in [-0.05, 0) is 37.1 Å². The number of hydrogen-bond acceptors (Lipinski definition) is 8. The summed E-state index contributed by atoms with van der Waals surface area (Å²) in [5.41, 5.74) is 3.01. The van der Waals surface area contributed by atoms with Crippen molar-refractivity contribution < 1.29 is 19.0 Å².